The van der Waals surface area contributed by atoms with E-state index in [0.29, 0.717) is 32.4 Å². The molecule has 0 aromatic carbocycles. The van der Waals surface area contributed by atoms with Gasteiger partial charge in [0, 0.05) is 6.42 Å². The van der Waals surface area contributed by atoms with Crippen molar-refractivity contribution >= 4 is 17.7 Å². The highest BCUT2D eigenvalue weighted by Crippen LogP contribution is 1.99. The summed E-state index contributed by atoms with van der Waals surface area (Å²) < 4.78 is 0. The van der Waals surface area contributed by atoms with E-state index in [4.69, 9.17) is 26.8 Å². The van der Waals surface area contributed by atoms with Gasteiger partial charge in [0.05, 0.1) is 12.5 Å². The van der Waals surface area contributed by atoms with Crippen LogP contribution in [0.4, 0.5) is 0 Å². The number of carboxylic acids is 2. The molecular formula is C12H24N2O6. The van der Waals surface area contributed by atoms with Crippen LogP contribution < -0.4 is 11.5 Å². The highest BCUT2D eigenvalue weighted by Gasteiger charge is 2.07. The summed E-state index contributed by atoms with van der Waals surface area (Å²) in [6, 6.07) is 0. The molecule has 0 aliphatic rings. The first-order chi connectivity index (χ1) is 9.33. The van der Waals surface area contributed by atoms with Gasteiger partial charge < -0.3 is 26.8 Å². The second-order valence-electron chi connectivity index (χ2n) is 4.18. The fourth-order valence-electron chi connectivity index (χ4n) is 1.21. The number of aliphatic hydroxyl groups excluding tert-OH is 1. The molecule has 0 radical (unpaired) electrons. The van der Waals surface area contributed by atoms with Gasteiger partial charge in [-0.1, -0.05) is 0 Å². The maximum absolute atomic E-state index is 10.6. The topological polar surface area (TPSA) is 164 Å². The standard InChI is InChI=1S/C6H13NO3.C6H11NO3/c2*7-3-1-2-5(8)4-6(9)10/h5,8H,1-4,7H2,(H,9,10);1-4,7H2,(H,9,10). The van der Waals surface area contributed by atoms with Crippen LogP contribution in [0.2, 0.25) is 0 Å². The average molecular weight is 292 g/mol. The minimum atomic E-state index is -1.07. The second kappa shape index (κ2) is 13.9. The number of carboxylic acid groups (broad SMARTS) is 2. The number of ketones is 1. The molecule has 0 fully saturated rings. The van der Waals surface area contributed by atoms with Crippen LogP contribution in [0.1, 0.15) is 38.5 Å². The van der Waals surface area contributed by atoms with E-state index in [2.05, 4.69) is 0 Å². The summed E-state index contributed by atoms with van der Waals surface area (Å²) >= 11 is 0. The fraction of sp³-hybridized carbons (Fsp3) is 0.750. The number of rotatable bonds is 10. The highest BCUT2D eigenvalue weighted by molar-refractivity contribution is 5.94. The number of hydrogen-bond acceptors (Lipinski definition) is 6. The molecule has 0 spiro atoms. The van der Waals surface area contributed by atoms with E-state index >= 15 is 0 Å². The summed E-state index contributed by atoms with van der Waals surface area (Å²) in [6.45, 7) is 0.933. The molecule has 0 heterocycles. The molecule has 8 heteroatoms. The molecule has 0 aromatic rings. The van der Waals surface area contributed by atoms with E-state index in [1.165, 1.54) is 0 Å². The van der Waals surface area contributed by atoms with Gasteiger partial charge in [0.1, 0.15) is 12.2 Å². The fourth-order valence-corrected chi connectivity index (χ4v) is 1.21. The van der Waals surface area contributed by atoms with Crippen LogP contribution in [0.3, 0.4) is 0 Å². The van der Waals surface area contributed by atoms with Crippen molar-refractivity contribution in [1.82, 2.24) is 0 Å². The Labute approximate surface area is 117 Å². The summed E-state index contributed by atoms with van der Waals surface area (Å²) in [6.07, 6.45) is 0.715. The van der Waals surface area contributed by atoms with Crippen LogP contribution in [0.25, 0.3) is 0 Å². The van der Waals surface area contributed by atoms with Gasteiger partial charge in [0.2, 0.25) is 0 Å². The van der Waals surface area contributed by atoms with E-state index in [0.717, 1.165) is 0 Å². The lowest BCUT2D eigenvalue weighted by molar-refractivity contribution is -0.141. The smallest absolute Gasteiger partial charge is 0.310 e. The number of nitrogens with two attached hydrogens (primary N) is 2. The number of aliphatic carboxylic acids is 2. The van der Waals surface area contributed by atoms with E-state index in [1.807, 2.05) is 0 Å². The minimum Gasteiger partial charge on any atom is -0.481 e. The number of aliphatic hydroxyl groups is 1. The number of Topliss-reactive ketones (excluding diaryl/α,β-unsaturated/α-hetero) is 1. The third-order valence-corrected chi connectivity index (χ3v) is 2.16. The summed E-state index contributed by atoms with van der Waals surface area (Å²) in [5.74, 6) is -2.29. The molecule has 0 aromatic heterocycles. The van der Waals surface area contributed by atoms with E-state index in [1.54, 1.807) is 0 Å². The minimum absolute atomic E-state index is 0.181. The molecule has 7 N–H and O–H groups in total. The molecule has 0 saturated carbocycles. The maximum atomic E-state index is 10.6. The van der Waals surface area contributed by atoms with Crippen molar-refractivity contribution in [2.24, 2.45) is 11.5 Å². The molecule has 1 atom stereocenters. The van der Waals surface area contributed by atoms with E-state index < -0.39 is 18.0 Å². The van der Waals surface area contributed by atoms with Crippen molar-refractivity contribution in [1.29, 1.82) is 0 Å². The molecule has 0 aliphatic carbocycles. The Balaban J connectivity index is 0. The van der Waals surface area contributed by atoms with E-state index in [-0.39, 0.29) is 25.0 Å². The van der Waals surface area contributed by atoms with Gasteiger partial charge in [-0.2, -0.15) is 0 Å². The zero-order chi connectivity index (χ0) is 16.0. The van der Waals surface area contributed by atoms with Gasteiger partial charge in [-0.15, -0.1) is 0 Å². The Morgan fingerprint density at radius 3 is 1.90 bits per heavy atom. The van der Waals surface area contributed by atoms with Gasteiger partial charge >= 0.3 is 11.9 Å². The predicted octanol–water partition coefficient (Wildman–Crippen LogP) is -0.670. The molecule has 118 valence electrons. The first-order valence-corrected chi connectivity index (χ1v) is 6.36. The molecule has 20 heavy (non-hydrogen) atoms. The van der Waals surface area contributed by atoms with Crippen LogP contribution >= 0.6 is 0 Å². The average Bonchev–Trinajstić information content (AvgIpc) is 2.33. The van der Waals surface area contributed by atoms with Crippen LogP contribution in [0.15, 0.2) is 0 Å². The van der Waals surface area contributed by atoms with Crippen LogP contribution in [0, 0.1) is 0 Å². The van der Waals surface area contributed by atoms with E-state index in [9.17, 15) is 14.4 Å². The SMILES string of the molecule is NCCCC(=O)CC(=O)O.NCCCC(O)CC(=O)O. The van der Waals surface area contributed by atoms with Crippen LogP contribution in [-0.2, 0) is 14.4 Å². The van der Waals surface area contributed by atoms with Crippen molar-refractivity contribution < 1.29 is 29.7 Å². The van der Waals surface area contributed by atoms with Gasteiger partial charge in [0.15, 0.2) is 0 Å². The molecular weight excluding hydrogens is 268 g/mol. The first kappa shape index (κ1) is 20.8. The Hall–Kier alpha value is -1.51. The van der Waals surface area contributed by atoms with Crippen molar-refractivity contribution in [2.75, 3.05) is 13.1 Å². The third-order valence-electron chi connectivity index (χ3n) is 2.16. The zero-order valence-corrected chi connectivity index (χ0v) is 11.5. The molecule has 0 saturated heterocycles. The summed E-state index contributed by atoms with van der Waals surface area (Å²) in [7, 11) is 0. The Morgan fingerprint density at radius 1 is 0.950 bits per heavy atom. The van der Waals surface area contributed by atoms with Crippen molar-refractivity contribution in [3.8, 4) is 0 Å². The largest absolute Gasteiger partial charge is 0.481 e. The summed E-state index contributed by atoms with van der Waals surface area (Å²) in [4.78, 5) is 30.5. The number of hydrogen-bond donors (Lipinski definition) is 5. The molecule has 0 bridgehead atoms. The van der Waals surface area contributed by atoms with Gasteiger partial charge in [-0.3, -0.25) is 14.4 Å². The zero-order valence-electron chi connectivity index (χ0n) is 11.5. The number of carbonyl (C=O) groups is 3. The van der Waals surface area contributed by atoms with Crippen molar-refractivity contribution in [3.05, 3.63) is 0 Å². The van der Waals surface area contributed by atoms with Gasteiger partial charge in [-0.05, 0) is 32.4 Å². The quantitative estimate of drug-likeness (QED) is 0.331. The van der Waals surface area contributed by atoms with Gasteiger partial charge in [-0.25, -0.2) is 0 Å². The Morgan fingerprint density at radius 2 is 1.50 bits per heavy atom. The molecule has 0 amide bonds. The summed E-state index contributed by atoms with van der Waals surface area (Å²) in [5, 5.41) is 25.2. The monoisotopic (exact) mass is 292 g/mol. The lowest BCUT2D eigenvalue weighted by Crippen LogP contribution is -2.14. The maximum Gasteiger partial charge on any atom is 0.310 e. The van der Waals surface area contributed by atoms with Crippen LogP contribution in [-0.4, -0.2) is 52.2 Å². The first-order valence-electron chi connectivity index (χ1n) is 6.36. The highest BCUT2D eigenvalue weighted by atomic mass is 16.4. The van der Waals surface area contributed by atoms with Crippen molar-refractivity contribution in [2.45, 2.75) is 44.6 Å². The van der Waals surface area contributed by atoms with Crippen molar-refractivity contribution in [3.63, 3.8) is 0 Å². The molecule has 0 rings (SSSR count). The molecule has 0 aliphatic heterocycles. The second-order valence-corrected chi connectivity index (χ2v) is 4.18. The summed E-state index contributed by atoms with van der Waals surface area (Å²) in [5.41, 5.74) is 10.3. The number of carbonyl (C=O) groups excluding carboxylic acids is 1. The predicted molar refractivity (Wildman–Crippen MR) is 72.1 cm³/mol. The third kappa shape index (κ3) is 18.8. The van der Waals surface area contributed by atoms with Crippen LogP contribution in [0.5, 0.6) is 0 Å². The lowest BCUT2D eigenvalue weighted by Gasteiger charge is -2.04. The normalized spacial score (nSPS) is 11.2. The Kier molecular flexibility index (Phi) is 14.5. The molecule has 1 unspecified atom stereocenters. The molecule has 8 nitrogen and oxygen atoms in total. The Bertz CT molecular complexity index is 296. The lowest BCUT2D eigenvalue weighted by atomic mass is 10.1. The van der Waals surface area contributed by atoms with Gasteiger partial charge in [0.25, 0.3) is 0 Å².